The summed E-state index contributed by atoms with van der Waals surface area (Å²) in [5, 5.41) is 0.638. The number of rotatable bonds is 6. The zero-order valence-electron chi connectivity index (χ0n) is 8.62. The molecule has 0 fully saturated rings. The first kappa shape index (κ1) is 12.6. The fourth-order valence-corrected chi connectivity index (χ4v) is 1.68. The van der Waals surface area contributed by atoms with E-state index >= 15 is 0 Å². The highest BCUT2D eigenvalue weighted by Crippen LogP contribution is 2.21. The van der Waals surface area contributed by atoms with Gasteiger partial charge < -0.3 is 9.64 Å². The van der Waals surface area contributed by atoms with Gasteiger partial charge in [-0.2, -0.15) is 0 Å². The van der Waals surface area contributed by atoms with Crippen molar-refractivity contribution in [1.29, 1.82) is 0 Å². The van der Waals surface area contributed by atoms with Crippen LogP contribution in [0, 0.1) is 0 Å². The minimum atomic E-state index is 0.538. The topological polar surface area (TPSA) is 25.4 Å². The third-order valence-corrected chi connectivity index (χ3v) is 2.42. The molecule has 0 aliphatic carbocycles. The Morgan fingerprint density at radius 3 is 2.87 bits per heavy atom. The third kappa shape index (κ3) is 3.86. The number of ether oxygens (including phenoxy) is 1. The van der Waals surface area contributed by atoms with Crippen LogP contribution in [0.1, 0.15) is 0 Å². The molecule has 1 aromatic heterocycles. The lowest BCUT2D eigenvalue weighted by molar-refractivity contribution is 0.205. The average Bonchev–Trinajstić information content (AvgIpc) is 2.25. The molecule has 0 saturated heterocycles. The number of methoxy groups -OCH3 is 1. The van der Waals surface area contributed by atoms with Crippen LogP contribution in [0.25, 0.3) is 0 Å². The first-order chi connectivity index (χ1) is 7.29. The van der Waals surface area contributed by atoms with Crippen LogP contribution in [0.2, 0.25) is 5.02 Å². The minimum absolute atomic E-state index is 0.538. The summed E-state index contributed by atoms with van der Waals surface area (Å²) in [5.74, 6) is 1.30. The van der Waals surface area contributed by atoms with Crippen molar-refractivity contribution in [2.45, 2.75) is 0 Å². The van der Waals surface area contributed by atoms with E-state index in [2.05, 4.69) is 4.98 Å². The molecule has 0 amide bonds. The number of pyridine rings is 1. The van der Waals surface area contributed by atoms with Crippen molar-refractivity contribution in [3.05, 3.63) is 23.4 Å². The predicted octanol–water partition coefficient (Wildman–Crippen LogP) is 2.43. The van der Waals surface area contributed by atoms with Gasteiger partial charge >= 0.3 is 0 Å². The Labute approximate surface area is 100.0 Å². The molecule has 15 heavy (non-hydrogen) atoms. The summed E-state index contributed by atoms with van der Waals surface area (Å²) in [5.41, 5.74) is 0. The summed E-state index contributed by atoms with van der Waals surface area (Å²) >= 11 is 11.8. The van der Waals surface area contributed by atoms with Crippen molar-refractivity contribution in [1.82, 2.24) is 4.98 Å². The zero-order valence-corrected chi connectivity index (χ0v) is 10.1. The summed E-state index contributed by atoms with van der Waals surface area (Å²) in [4.78, 5) is 6.24. The maximum Gasteiger partial charge on any atom is 0.147 e. The predicted molar refractivity (Wildman–Crippen MR) is 64.1 cm³/mol. The van der Waals surface area contributed by atoms with E-state index in [1.165, 1.54) is 0 Å². The first-order valence-corrected chi connectivity index (χ1v) is 5.61. The van der Waals surface area contributed by atoms with Crippen molar-refractivity contribution < 1.29 is 4.74 Å². The normalized spacial score (nSPS) is 10.3. The number of alkyl halides is 1. The molecule has 84 valence electrons. The van der Waals surface area contributed by atoms with Gasteiger partial charge in [0.1, 0.15) is 5.82 Å². The number of hydrogen-bond acceptors (Lipinski definition) is 3. The van der Waals surface area contributed by atoms with Gasteiger partial charge in [-0.15, -0.1) is 11.6 Å². The maximum absolute atomic E-state index is 6.05. The number of aromatic nitrogens is 1. The van der Waals surface area contributed by atoms with E-state index in [0.29, 0.717) is 24.1 Å². The molecule has 1 rings (SSSR count). The van der Waals surface area contributed by atoms with E-state index in [9.17, 15) is 0 Å². The fraction of sp³-hybridized carbons (Fsp3) is 0.500. The van der Waals surface area contributed by atoms with Crippen molar-refractivity contribution >= 4 is 29.0 Å². The lowest BCUT2D eigenvalue weighted by Gasteiger charge is -2.22. The van der Waals surface area contributed by atoms with Gasteiger partial charge in [0.25, 0.3) is 0 Å². The minimum Gasteiger partial charge on any atom is -0.383 e. The van der Waals surface area contributed by atoms with E-state index in [1.54, 1.807) is 19.4 Å². The van der Waals surface area contributed by atoms with Gasteiger partial charge in [0.2, 0.25) is 0 Å². The molecule has 0 aromatic carbocycles. The Bertz CT molecular complexity index is 297. The van der Waals surface area contributed by atoms with Crippen LogP contribution in [0.4, 0.5) is 5.82 Å². The Morgan fingerprint density at radius 1 is 1.47 bits per heavy atom. The van der Waals surface area contributed by atoms with Gasteiger partial charge in [0, 0.05) is 32.3 Å². The molecule has 0 radical (unpaired) electrons. The number of hydrogen-bond donors (Lipinski definition) is 0. The molecular formula is C10H14Cl2N2O. The number of halogens is 2. The summed E-state index contributed by atoms with van der Waals surface area (Å²) in [6, 6.07) is 3.62. The lowest BCUT2D eigenvalue weighted by atomic mass is 10.4. The third-order valence-electron chi connectivity index (χ3n) is 1.96. The van der Waals surface area contributed by atoms with E-state index < -0.39 is 0 Å². The molecular weight excluding hydrogens is 235 g/mol. The van der Waals surface area contributed by atoms with Gasteiger partial charge in [0.15, 0.2) is 0 Å². The lowest BCUT2D eigenvalue weighted by Crippen LogP contribution is -2.30. The highest BCUT2D eigenvalue weighted by atomic mass is 35.5. The second-order valence-corrected chi connectivity index (χ2v) is 3.76. The molecule has 1 aromatic rings. The highest BCUT2D eigenvalue weighted by Gasteiger charge is 2.10. The SMILES string of the molecule is COCCN(CCCl)c1ncccc1Cl. The summed E-state index contributed by atoms with van der Waals surface area (Å²) in [7, 11) is 1.67. The molecule has 0 spiro atoms. The van der Waals surface area contributed by atoms with Crippen LogP contribution in [0.3, 0.4) is 0 Å². The van der Waals surface area contributed by atoms with Crippen molar-refractivity contribution in [3.8, 4) is 0 Å². The van der Waals surface area contributed by atoms with Crippen molar-refractivity contribution in [3.63, 3.8) is 0 Å². The van der Waals surface area contributed by atoms with Gasteiger partial charge in [0.05, 0.1) is 11.6 Å². The van der Waals surface area contributed by atoms with E-state index in [4.69, 9.17) is 27.9 Å². The van der Waals surface area contributed by atoms with Gasteiger partial charge in [-0.25, -0.2) is 4.98 Å². The molecule has 0 bridgehead atoms. The number of nitrogens with zero attached hydrogens (tertiary/aromatic N) is 2. The van der Waals surface area contributed by atoms with Gasteiger partial charge in [-0.1, -0.05) is 11.6 Å². The van der Waals surface area contributed by atoms with Crippen molar-refractivity contribution in [2.24, 2.45) is 0 Å². The van der Waals surface area contributed by atoms with Crippen LogP contribution in [-0.2, 0) is 4.74 Å². The molecule has 0 saturated carbocycles. The summed E-state index contributed by atoms with van der Waals surface area (Å²) in [6.45, 7) is 2.07. The molecule has 3 nitrogen and oxygen atoms in total. The van der Waals surface area contributed by atoms with Gasteiger partial charge in [-0.3, -0.25) is 0 Å². The van der Waals surface area contributed by atoms with E-state index in [0.717, 1.165) is 12.4 Å². The van der Waals surface area contributed by atoms with Crippen LogP contribution < -0.4 is 4.90 Å². The van der Waals surface area contributed by atoms with Crippen molar-refractivity contribution in [2.75, 3.05) is 37.6 Å². The Morgan fingerprint density at radius 2 is 2.27 bits per heavy atom. The zero-order chi connectivity index (χ0) is 11.1. The Kier molecular flexibility index (Phi) is 5.76. The number of anilines is 1. The Balaban J connectivity index is 2.74. The summed E-state index contributed by atoms with van der Waals surface area (Å²) < 4.78 is 5.02. The first-order valence-electron chi connectivity index (χ1n) is 4.70. The van der Waals surface area contributed by atoms with Crippen LogP contribution in [0.15, 0.2) is 18.3 Å². The second kappa shape index (κ2) is 6.88. The monoisotopic (exact) mass is 248 g/mol. The largest absolute Gasteiger partial charge is 0.383 e. The second-order valence-electron chi connectivity index (χ2n) is 2.98. The molecule has 5 heteroatoms. The van der Waals surface area contributed by atoms with Gasteiger partial charge in [-0.05, 0) is 12.1 Å². The summed E-state index contributed by atoms with van der Waals surface area (Å²) in [6.07, 6.45) is 1.72. The quantitative estimate of drug-likeness (QED) is 0.724. The molecule has 0 aliphatic rings. The highest BCUT2D eigenvalue weighted by molar-refractivity contribution is 6.32. The van der Waals surface area contributed by atoms with Crippen LogP contribution in [0.5, 0.6) is 0 Å². The fourth-order valence-electron chi connectivity index (χ4n) is 1.24. The molecule has 1 heterocycles. The average molecular weight is 249 g/mol. The smallest absolute Gasteiger partial charge is 0.147 e. The Hall–Kier alpha value is -0.510. The van der Waals surface area contributed by atoms with Crippen LogP contribution in [-0.4, -0.2) is 37.7 Å². The molecule has 0 N–H and O–H groups in total. The molecule has 0 unspecified atom stereocenters. The van der Waals surface area contributed by atoms with E-state index in [-0.39, 0.29) is 0 Å². The van der Waals surface area contributed by atoms with E-state index in [1.807, 2.05) is 11.0 Å². The molecule has 0 atom stereocenters. The maximum atomic E-state index is 6.05. The molecule has 0 aliphatic heterocycles. The van der Waals surface area contributed by atoms with Crippen LogP contribution >= 0.6 is 23.2 Å². The standard InChI is InChI=1S/C10H14Cl2N2O/c1-15-8-7-14(6-4-11)10-9(12)3-2-5-13-10/h2-3,5H,4,6-8H2,1H3.